The van der Waals surface area contributed by atoms with Gasteiger partial charge >= 0.3 is 0 Å². The number of amides is 2. The molecule has 0 saturated carbocycles. The number of hydrogen-bond donors (Lipinski definition) is 2. The fourth-order valence-corrected chi connectivity index (χ4v) is 3.19. The minimum absolute atomic E-state index is 0.233. The molecule has 0 radical (unpaired) electrons. The molecule has 1 saturated heterocycles. The lowest BCUT2D eigenvalue weighted by Crippen LogP contribution is -2.53. The zero-order chi connectivity index (χ0) is 18.1. The summed E-state index contributed by atoms with van der Waals surface area (Å²) in [7, 11) is 1.74. The second-order valence-electron chi connectivity index (χ2n) is 6.25. The molecular weight excluding hydrogens is 328 g/mol. The van der Waals surface area contributed by atoms with Gasteiger partial charge in [-0.3, -0.25) is 14.3 Å². The normalized spacial score (nSPS) is 19.7. The second kappa shape index (κ2) is 6.48. The van der Waals surface area contributed by atoms with Crippen LogP contribution in [0, 0.1) is 0 Å². The summed E-state index contributed by atoms with van der Waals surface area (Å²) in [4.78, 5) is 25.1. The van der Waals surface area contributed by atoms with E-state index in [4.69, 9.17) is 0 Å². The summed E-state index contributed by atoms with van der Waals surface area (Å²) in [5.74, 6) is -0.478. The Morgan fingerprint density at radius 2 is 1.42 bits per heavy atom. The maximum Gasteiger partial charge on any atom is 0.249 e. The molecule has 1 aromatic heterocycles. The van der Waals surface area contributed by atoms with E-state index in [0.717, 1.165) is 16.7 Å². The van der Waals surface area contributed by atoms with Crippen molar-refractivity contribution in [2.24, 2.45) is 7.05 Å². The molecule has 0 bridgehead atoms. The van der Waals surface area contributed by atoms with Crippen molar-refractivity contribution < 1.29 is 9.59 Å². The molecule has 1 fully saturated rings. The van der Waals surface area contributed by atoms with Gasteiger partial charge in [-0.1, -0.05) is 54.6 Å². The summed E-state index contributed by atoms with van der Waals surface area (Å²) < 4.78 is 1.58. The van der Waals surface area contributed by atoms with E-state index in [1.165, 1.54) is 0 Å². The highest BCUT2D eigenvalue weighted by Gasteiger charge is 2.36. The molecule has 2 heterocycles. The van der Waals surface area contributed by atoms with Crippen LogP contribution in [0.1, 0.15) is 23.3 Å². The second-order valence-corrected chi connectivity index (χ2v) is 6.25. The van der Waals surface area contributed by atoms with Crippen molar-refractivity contribution in [1.82, 2.24) is 20.4 Å². The number of aryl methyl sites for hydroxylation is 1. The Morgan fingerprint density at radius 1 is 0.808 bits per heavy atom. The molecule has 2 N–H and O–H groups in total. The van der Waals surface area contributed by atoms with E-state index in [1.54, 1.807) is 24.0 Å². The Balaban J connectivity index is 1.55. The number of carbonyl (C=O) groups is 2. The minimum Gasteiger partial charge on any atom is -0.338 e. The molecule has 2 atom stereocenters. The molecule has 2 aromatic carbocycles. The van der Waals surface area contributed by atoms with Crippen LogP contribution in [0.5, 0.6) is 0 Å². The van der Waals surface area contributed by atoms with E-state index in [0.29, 0.717) is 5.69 Å². The van der Waals surface area contributed by atoms with Gasteiger partial charge in [-0.05, 0) is 22.8 Å². The summed E-state index contributed by atoms with van der Waals surface area (Å²) >= 11 is 0. The molecule has 4 rings (SSSR count). The summed E-state index contributed by atoms with van der Waals surface area (Å²) in [5, 5.41) is 9.66. The van der Waals surface area contributed by atoms with E-state index >= 15 is 0 Å². The Kier molecular flexibility index (Phi) is 4.01. The maximum absolute atomic E-state index is 12.6. The SMILES string of the molecule is Cn1nccc1C1NC(=O)C(c2ccc(-c3ccccc3)cc2)NC1=O. The number of piperazine rings is 1. The highest BCUT2D eigenvalue weighted by molar-refractivity contribution is 5.97. The first-order valence-electron chi connectivity index (χ1n) is 8.37. The minimum atomic E-state index is -0.727. The third-order valence-electron chi connectivity index (χ3n) is 4.60. The Bertz CT molecular complexity index is 947. The molecule has 1 aliphatic rings. The number of aromatic nitrogens is 2. The highest BCUT2D eigenvalue weighted by Crippen LogP contribution is 2.25. The monoisotopic (exact) mass is 346 g/mol. The van der Waals surface area contributed by atoms with E-state index < -0.39 is 12.1 Å². The van der Waals surface area contributed by atoms with Crippen molar-refractivity contribution in [2.45, 2.75) is 12.1 Å². The molecular formula is C20H18N4O2. The van der Waals surface area contributed by atoms with Gasteiger partial charge in [-0.25, -0.2) is 0 Å². The molecule has 6 nitrogen and oxygen atoms in total. The molecule has 2 amide bonds. The molecule has 2 unspecified atom stereocenters. The van der Waals surface area contributed by atoms with Crippen LogP contribution in [-0.4, -0.2) is 21.6 Å². The predicted octanol–water partition coefficient (Wildman–Crippen LogP) is 2.12. The summed E-state index contributed by atoms with van der Waals surface area (Å²) in [5.41, 5.74) is 3.56. The maximum atomic E-state index is 12.6. The number of carbonyl (C=O) groups excluding carboxylic acids is 2. The van der Waals surface area contributed by atoms with Crippen molar-refractivity contribution >= 4 is 11.8 Å². The molecule has 0 aliphatic carbocycles. The fraction of sp³-hybridized carbons (Fsp3) is 0.150. The van der Waals surface area contributed by atoms with Crippen LogP contribution in [-0.2, 0) is 16.6 Å². The average molecular weight is 346 g/mol. The van der Waals surface area contributed by atoms with Gasteiger partial charge < -0.3 is 10.6 Å². The van der Waals surface area contributed by atoms with Gasteiger partial charge in [-0.2, -0.15) is 5.10 Å². The van der Waals surface area contributed by atoms with Crippen LogP contribution in [0.25, 0.3) is 11.1 Å². The highest BCUT2D eigenvalue weighted by atomic mass is 16.2. The van der Waals surface area contributed by atoms with Gasteiger partial charge in [0.15, 0.2) is 6.04 Å². The summed E-state index contributed by atoms with van der Waals surface area (Å²) in [6.07, 6.45) is 1.60. The zero-order valence-electron chi connectivity index (χ0n) is 14.2. The van der Waals surface area contributed by atoms with E-state index in [1.807, 2.05) is 54.6 Å². The van der Waals surface area contributed by atoms with Gasteiger partial charge in [0, 0.05) is 13.2 Å². The molecule has 26 heavy (non-hydrogen) atoms. The Labute approximate surface area is 150 Å². The van der Waals surface area contributed by atoms with Gasteiger partial charge in [0.25, 0.3) is 0 Å². The smallest absolute Gasteiger partial charge is 0.249 e. The van der Waals surface area contributed by atoms with Crippen molar-refractivity contribution in [1.29, 1.82) is 0 Å². The first-order chi connectivity index (χ1) is 12.6. The lowest BCUT2D eigenvalue weighted by molar-refractivity contribution is -0.137. The van der Waals surface area contributed by atoms with Gasteiger partial charge in [0.1, 0.15) is 6.04 Å². The fourth-order valence-electron chi connectivity index (χ4n) is 3.19. The van der Waals surface area contributed by atoms with E-state index in [9.17, 15) is 9.59 Å². The van der Waals surface area contributed by atoms with Gasteiger partial charge in [0.2, 0.25) is 11.8 Å². The van der Waals surface area contributed by atoms with Gasteiger partial charge in [0.05, 0.1) is 5.69 Å². The van der Waals surface area contributed by atoms with Crippen molar-refractivity contribution in [3.05, 3.63) is 78.1 Å². The van der Waals surface area contributed by atoms with Gasteiger partial charge in [-0.15, -0.1) is 0 Å². The average Bonchev–Trinajstić information content (AvgIpc) is 3.10. The first-order valence-corrected chi connectivity index (χ1v) is 8.37. The van der Waals surface area contributed by atoms with E-state index in [-0.39, 0.29) is 11.8 Å². The zero-order valence-corrected chi connectivity index (χ0v) is 14.2. The van der Waals surface area contributed by atoms with Crippen LogP contribution in [0.3, 0.4) is 0 Å². The molecule has 3 aromatic rings. The standard InChI is InChI=1S/C20H18N4O2/c1-24-16(11-12-21-24)18-20(26)22-17(19(25)23-18)15-9-7-14(8-10-15)13-5-3-2-4-6-13/h2-12,17-18H,1H3,(H,22,26)(H,23,25). The summed E-state index contributed by atoms with van der Waals surface area (Å²) in [6.45, 7) is 0. The number of benzene rings is 2. The summed E-state index contributed by atoms with van der Waals surface area (Å²) in [6, 6.07) is 18.0. The first kappa shape index (κ1) is 16.1. The lowest BCUT2D eigenvalue weighted by Gasteiger charge is -2.29. The van der Waals surface area contributed by atoms with Crippen molar-refractivity contribution in [2.75, 3.05) is 0 Å². The molecule has 1 aliphatic heterocycles. The quantitative estimate of drug-likeness (QED) is 0.763. The van der Waals surface area contributed by atoms with Crippen LogP contribution in [0.2, 0.25) is 0 Å². The Morgan fingerprint density at radius 3 is 2.08 bits per heavy atom. The number of hydrogen-bond acceptors (Lipinski definition) is 3. The topological polar surface area (TPSA) is 76.0 Å². The third-order valence-corrected chi connectivity index (χ3v) is 4.60. The van der Waals surface area contributed by atoms with E-state index in [2.05, 4.69) is 15.7 Å². The van der Waals surface area contributed by atoms with Crippen LogP contribution in [0.4, 0.5) is 0 Å². The molecule has 6 heteroatoms. The number of nitrogens with one attached hydrogen (secondary N) is 2. The van der Waals surface area contributed by atoms with Crippen molar-refractivity contribution in [3.63, 3.8) is 0 Å². The number of rotatable bonds is 3. The number of nitrogens with zero attached hydrogens (tertiary/aromatic N) is 2. The predicted molar refractivity (Wildman–Crippen MR) is 96.9 cm³/mol. The van der Waals surface area contributed by atoms with Crippen LogP contribution >= 0.6 is 0 Å². The van der Waals surface area contributed by atoms with Crippen molar-refractivity contribution in [3.8, 4) is 11.1 Å². The third kappa shape index (κ3) is 2.86. The largest absolute Gasteiger partial charge is 0.338 e. The lowest BCUT2D eigenvalue weighted by atomic mass is 9.98. The molecule has 130 valence electrons. The Hall–Kier alpha value is -3.41. The van der Waals surface area contributed by atoms with Crippen LogP contribution < -0.4 is 10.6 Å². The molecule has 0 spiro atoms. The van der Waals surface area contributed by atoms with Crippen LogP contribution in [0.15, 0.2) is 66.9 Å².